The molecule has 0 bridgehead atoms. The van der Waals surface area contributed by atoms with Crippen molar-refractivity contribution in [3.05, 3.63) is 29.8 Å². The summed E-state index contributed by atoms with van der Waals surface area (Å²) in [4.78, 5) is 0. The Labute approximate surface area is 87.7 Å². The van der Waals surface area contributed by atoms with E-state index in [4.69, 9.17) is 10.8 Å². The van der Waals surface area contributed by atoms with Crippen molar-refractivity contribution in [1.82, 2.24) is 0 Å². The number of phenols is 1. The molecule has 3 N–H and O–H groups in total. The average Bonchev–Trinajstić information content (AvgIpc) is 2.18. The maximum atomic E-state index is 13.9. The van der Waals surface area contributed by atoms with Crippen molar-refractivity contribution < 1.29 is 13.9 Å². The monoisotopic (exact) mass is 215 g/mol. The minimum absolute atomic E-state index is 0.0277. The molecule has 1 aromatic carbocycles. The molecule has 0 radical (unpaired) electrons. The summed E-state index contributed by atoms with van der Waals surface area (Å²) >= 11 is 0. The summed E-state index contributed by atoms with van der Waals surface area (Å²) in [5, 5.41) is 9.01. The van der Waals surface area contributed by atoms with Gasteiger partial charge in [-0.2, -0.15) is 0 Å². The Hall–Kier alpha value is -1.16. The lowest BCUT2D eigenvalue weighted by Crippen LogP contribution is -2.40. The smallest absolute Gasteiger partial charge is 0.279 e. The summed E-state index contributed by atoms with van der Waals surface area (Å²) < 4.78 is 27.8. The molecule has 0 saturated heterocycles. The van der Waals surface area contributed by atoms with E-state index in [1.54, 1.807) is 0 Å². The standard InChI is InChI=1S/C11H15F2NO/c1-10(2,7-14)11(12,13)8-3-5-9(15)6-4-8/h3-6,15H,7,14H2,1-2H3. The Morgan fingerprint density at radius 1 is 1.20 bits per heavy atom. The molecule has 1 rings (SSSR count). The molecular formula is C11H15F2NO. The van der Waals surface area contributed by atoms with E-state index in [0.29, 0.717) is 0 Å². The first-order valence-electron chi connectivity index (χ1n) is 4.68. The van der Waals surface area contributed by atoms with E-state index in [-0.39, 0.29) is 17.9 Å². The Bertz CT molecular complexity index is 333. The number of hydrogen-bond donors (Lipinski definition) is 2. The molecular weight excluding hydrogens is 200 g/mol. The molecule has 1 aromatic rings. The summed E-state index contributed by atoms with van der Waals surface area (Å²) in [7, 11) is 0. The van der Waals surface area contributed by atoms with Crippen molar-refractivity contribution in [2.24, 2.45) is 11.1 Å². The number of hydrogen-bond acceptors (Lipinski definition) is 2. The highest BCUT2D eigenvalue weighted by Gasteiger charge is 2.46. The van der Waals surface area contributed by atoms with Crippen LogP contribution in [0, 0.1) is 5.41 Å². The quantitative estimate of drug-likeness (QED) is 0.813. The summed E-state index contributed by atoms with van der Waals surface area (Å²) in [6.45, 7) is 2.72. The van der Waals surface area contributed by atoms with Gasteiger partial charge < -0.3 is 10.8 Å². The second-order valence-electron chi connectivity index (χ2n) is 4.21. The van der Waals surface area contributed by atoms with E-state index in [1.807, 2.05) is 0 Å². The Morgan fingerprint density at radius 3 is 2.07 bits per heavy atom. The summed E-state index contributed by atoms with van der Waals surface area (Å²) in [5.41, 5.74) is 3.90. The van der Waals surface area contributed by atoms with Crippen molar-refractivity contribution in [3.63, 3.8) is 0 Å². The van der Waals surface area contributed by atoms with Crippen LogP contribution in [0.15, 0.2) is 24.3 Å². The van der Waals surface area contributed by atoms with Crippen molar-refractivity contribution >= 4 is 0 Å². The summed E-state index contributed by atoms with van der Waals surface area (Å²) in [6, 6.07) is 4.92. The minimum atomic E-state index is -3.00. The molecule has 0 heterocycles. The van der Waals surface area contributed by atoms with Crippen LogP contribution in [0.3, 0.4) is 0 Å². The lowest BCUT2D eigenvalue weighted by molar-refractivity contribution is -0.108. The van der Waals surface area contributed by atoms with Gasteiger partial charge in [0.15, 0.2) is 0 Å². The van der Waals surface area contributed by atoms with Crippen LogP contribution in [0.5, 0.6) is 5.75 Å². The molecule has 0 unspecified atom stereocenters. The lowest BCUT2D eigenvalue weighted by atomic mass is 9.81. The van der Waals surface area contributed by atoms with E-state index in [1.165, 1.54) is 38.1 Å². The van der Waals surface area contributed by atoms with Gasteiger partial charge in [0.05, 0.1) is 0 Å². The van der Waals surface area contributed by atoms with Crippen LogP contribution in [0.2, 0.25) is 0 Å². The molecule has 0 saturated carbocycles. The number of rotatable bonds is 3. The average molecular weight is 215 g/mol. The molecule has 0 atom stereocenters. The molecule has 0 aliphatic carbocycles. The summed E-state index contributed by atoms with van der Waals surface area (Å²) in [6.07, 6.45) is 0. The zero-order valence-electron chi connectivity index (χ0n) is 8.80. The first-order valence-corrected chi connectivity index (χ1v) is 4.68. The third kappa shape index (κ3) is 2.09. The van der Waals surface area contributed by atoms with Gasteiger partial charge in [0.25, 0.3) is 5.92 Å². The van der Waals surface area contributed by atoms with Gasteiger partial charge in [-0.05, 0) is 24.3 Å². The molecule has 0 spiro atoms. The summed E-state index contributed by atoms with van der Waals surface area (Å²) in [5.74, 6) is -3.03. The number of phenolic OH excluding ortho intramolecular Hbond substituents is 1. The van der Waals surface area contributed by atoms with Crippen LogP contribution in [-0.2, 0) is 5.92 Å². The molecule has 15 heavy (non-hydrogen) atoms. The van der Waals surface area contributed by atoms with Crippen molar-refractivity contribution in [1.29, 1.82) is 0 Å². The van der Waals surface area contributed by atoms with Gasteiger partial charge in [0.1, 0.15) is 5.75 Å². The van der Waals surface area contributed by atoms with Gasteiger partial charge in [0, 0.05) is 17.5 Å². The van der Waals surface area contributed by atoms with Gasteiger partial charge in [0.2, 0.25) is 0 Å². The largest absolute Gasteiger partial charge is 0.508 e. The lowest BCUT2D eigenvalue weighted by Gasteiger charge is -2.33. The fourth-order valence-corrected chi connectivity index (χ4v) is 1.19. The predicted molar refractivity (Wildman–Crippen MR) is 54.8 cm³/mol. The molecule has 2 nitrogen and oxygen atoms in total. The normalized spacial score (nSPS) is 12.9. The van der Waals surface area contributed by atoms with Gasteiger partial charge in [-0.1, -0.05) is 13.8 Å². The first kappa shape index (κ1) is 11.9. The van der Waals surface area contributed by atoms with E-state index in [0.717, 1.165) is 0 Å². The maximum Gasteiger partial charge on any atom is 0.279 e. The van der Waals surface area contributed by atoms with Crippen LogP contribution in [0.25, 0.3) is 0 Å². The molecule has 0 amide bonds. The van der Waals surface area contributed by atoms with Crippen LogP contribution in [-0.4, -0.2) is 11.7 Å². The molecule has 4 heteroatoms. The fraction of sp³-hybridized carbons (Fsp3) is 0.455. The Balaban J connectivity index is 3.10. The third-order valence-corrected chi connectivity index (χ3v) is 2.59. The van der Waals surface area contributed by atoms with Crippen LogP contribution < -0.4 is 5.73 Å². The minimum Gasteiger partial charge on any atom is -0.508 e. The molecule has 0 aliphatic rings. The van der Waals surface area contributed by atoms with Crippen LogP contribution in [0.1, 0.15) is 19.4 Å². The Morgan fingerprint density at radius 2 is 1.67 bits per heavy atom. The zero-order chi connectivity index (χ0) is 11.7. The number of benzene rings is 1. The van der Waals surface area contributed by atoms with E-state index in [2.05, 4.69) is 0 Å². The predicted octanol–water partition coefficient (Wildman–Crippen LogP) is 2.47. The van der Waals surface area contributed by atoms with Crippen molar-refractivity contribution in [2.45, 2.75) is 19.8 Å². The number of alkyl halides is 2. The van der Waals surface area contributed by atoms with Crippen LogP contribution >= 0.6 is 0 Å². The van der Waals surface area contributed by atoms with E-state index < -0.39 is 11.3 Å². The Kier molecular flexibility index (Phi) is 3.00. The zero-order valence-corrected chi connectivity index (χ0v) is 8.80. The van der Waals surface area contributed by atoms with E-state index >= 15 is 0 Å². The van der Waals surface area contributed by atoms with Crippen LogP contribution in [0.4, 0.5) is 8.78 Å². The number of aromatic hydroxyl groups is 1. The molecule has 0 aliphatic heterocycles. The second-order valence-corrected chi connectivity index (χ2v) is 4.21. The molecule has 84 valence electrons. The molecule has 0 fully saturated rings. The van der Waals surface area contributed by atoms with Crippen molar-refractivity contribution in [3.8, 4) is 5.75 Å². The topological polar surface area (TPSA) is 46.2 Å². The fourth-order valence-electron chi connectivity index (χ4n) is 1.19. The highest BCUT2D eigenvalue weighted by atomic mass is 19.3. The highest BCUT2D eigenvalue weighted by molar-refractivity contribution is 5.29. The first-order chi connectivity index (χ1) is 6.81. The molecule has 0 aromatic heterocycles. The van der Waals surface area contributed by atoms with Gasteiger partial charge >= 0.3 is 0 Å². The van der Waals surface area contributed by atoms with E-state index in [9.17, 15) is 8.78 Å². The van der Waals surface area contributed by atoms with Crippen molar-refractivity contribution in [2.75, 3.05) is 6.54 Å². The number of halogens is 2. The third-order valence-electron chi connectivity index (χ3n) is 2.59. The second kappa shape index (κ2) is 3.77. The van der Waals surface area contributed by atoms with Gasteiger partial charge in [-0.3, -0.25) is 0 Å². The number of nitrogens with two attached hydrogens (primary N) is 1. The maximum absolute atomic E-state index is 13.9. The SMILES string of the molecule is CC(C)(CN)C(F)(F)c1ccc(O)cc1. The van der Waals surface area contributed by atoms with Gasteiger partial charge in [-0.25, -0.2) is 8.78 Å². The highest BCUT2D eigenvalue weighted by Crippen LogP contribution is 2.44. The van der Waals surface area contributed by atoms with Gasteiger partial charge in [-0.15, -0.1) is 0 Å².